The quantitative estimate of drug-likeness (QED) is 0.414. The van der Waals surface area contributed by atoms with Crippen molar-refractivity contribution >= 4 is 0 Å². The minimum atomic E-state index is 0.0104. The summed E-state index contributed by atoms with van der Waals surface area (Å²) in [5.74, 6) is 0. The van der Waals surface area contributed by atoms with E-state index in [0.29, 0.717) is 6.10 Å². The molecular weight excluding hydrogens is 124 g/mol. The van der Waals surface area contributed by atoms with Crippen molar-refractivity contribution in [2.75, 3.05) is 0 Å². The van der Waals surface area contributed by atoms with Crippen LogP contribution in [0.4, 0.5) is 0 Å². The van der Waals surface area contributed by atoms with Crippen LogP contribution >= 0.6 is 0 Å². The molecule has 2 aliphatic rings. The lowest BCUT2D eigenvalue weighted by molar-refractivity contribution is 0.343. The lowest BCUT2D eigenvalue weighted by Crippen LogP contribution is -2.10. The molecule has 0 amide bonds. The SMILES string of the molecule is C=CCC12C=CC=CC1O2. The van der Waals surface area contributed by atoms with Gasteiger partial charge in [-0.25, -0.2) is 0 Å². The fraction of sp³-hybridized carbons (Fsp3) is 0.333. The minimum absolute atomic E-state index is 0.0104. The molecule has 0 aromatic heterocycles. The monoisotopic (exact) mass is 134 g/mol. The summed E-state index contributed by atoms with van der Waals surface area (Å²) < 4.78 is 5.46. The summed E-state index contributed by atoms with van der Waals surface area (Å²) in [5, 5.41) is 0. The van der Waals surface area contributed by atoms with Crippen molar-refractivity contribution in [2.24, 2.45) is 0 Å². The molecule has 0 saturated carbocycles. The predicted molar refractivity (Wildman–Crippen MR) is 40.7 cm³/mol. The lowest BCUT2D eigenvalue weighted by atomic mass is 9.97. The van der Waals surface area contributed by atoms with Crippen LogP contribution in [0.2, 0.25) is 0 Å². The first-order valence-corrected chi connectivity index (χ1v) is 3.52. The summed E-state index contributed by atoms with van der Waals surface area (Å²) in [6, 6.07) is 0. The Morgan fingerprint density at radius 1 is 1.60 bits per heavy atom. The largest absolute Gasteiger partial charge is 0.357 e. The zero-order valence-corrected chi connectivity index (χ0v) is 5.79. The molecule has 1 nitrogen and oxygen atoms in total. The van der Waals surface area contributed by atoms with Crippen LogP contribution in [0.3, 0.4) is 0 Å². The van der Waals surface area contributed by atoms with Gasteiger partial charge in [0.25, 0.3) is 0 Å². The van der Waals surface area contributed by atoms with Crippen LogP contribution in [0, 0.1) is 0 Å². The van der Waals surface area contributed by atoms with Crippen LogP contribution in [0.15, 0.2) is 37.0 Å². The van der Waals surface area contributed by atoms with Crippen molar-refractivity contribution in [1.82, 2.24) is 0 Å². The Morgan fingerprint density at radius 2 is 2.50 bits per heavy atom. The van der Waals surface area contributed by atoms with Crippen molar-refractivity contribution in [1.29, 1.82) is 0 Å². The summed E-state index contributed by atoms with van der Waals surface area (Å²) >= 11 is 0. The first-order valence-electron chi connectivity index (χ1n) is 3.52. The molecule has 0 radical (unpaired) electrons. The second kappa shape index (κ2) is 1.83. The molecule has 1 saturated heterocycles. The molecule has 0 bridgehead atoms. The number of ether oxygens (including phenoxy) is 1. The van der Waals surface area contributed by atoms with E-state index in [-0.39, 0.29) is 5.60 Å². The highest BCUT2D eigenvalue weighted by Crippen LogP contribution is 2.43. The highest BCUT2D eigenvalue weighted by molar-refractivity contribution is 5.32. The van der Waals surface area contributed by atoms with Crippen LogP contribution < -0.4 is 0 Å². The van der Waals surface area contributed by atoms with E-state index < -0.39 is 0 Å². The molecule has 1 aliphatic heterocycles. The number of rotatable bonds is 2. The number of fused-ring (bicyclic) bond motifs is 1. The second-order valence-corrected chi connectivity index (χ2v) is 2.73. The van der Waals surface area contributed by atoms with E-state index in [1.54, 1.807) is 0 Å². The summed E-state index contributed by atoms with van der Waals surface area (Å²) in [5.41, 5.74) is 0.0104. The average molecular weight is 134 g/mol. The molecule has 0 aromatic rings. The normalized spacial score (nSPS) is 41.0. The molecule has 2 rings (SSSR count). The molecule has 1 heterocycles. The van der Waals surface area contributed by atoms with Crippen LogP contribution in [0.1, 0.15) is 6.42 Å². The molecule has 0 N–H and O–H groups in total. The Bertz CT molecular complexity index is 215. The fourth-order valence-electron chi connectivity index (χ4n) is 1.38. The predicted octanol–water partition coefficient (Wildman–Crippen LogP) is 1.83. The third-order valence-corrected chi connectivity index (χ3v) is 2.01. The smallest absolute Gasteiger partial charge is 0.121 e. The Labute approximate surface area is 60.7 Å². The van der Waals surface area contributed by atoms with E-state index in [4.69, 9.17) is 4.74 Å². The van der Waals surface area contributed by atoms with Gasteiger partial charge in [-0.05, 0) is 6.08 Å². The maximum absolute atomic E-state index is 5.46. The Kier molecular flexibility index (Phi) is 1.08. The van der Waals surface area contributed by atoms with Crippen molar-refractivity contribution in [3.63, 3.8) is 0 Å². The topological polar surface area (TPSA) is 12.5 Å². The van der Waals surface area contributed by atoms with Gasteiger partial charge in [0.05, 0.1) is 0 Å². The van der Waals surface area contributed by atoms with E-state index in [0.717, 1.165) is 6.42 Å². The molecule has 1 fully saturated rings. The van der Waals surface area contributed by atoms with E-state index in [2.05, 4.69) is 18.7 Å². The molecule has 52 valence electrons. The van der Waals surface area contributed by atoms with Crippen LogP contribution in [-0.4, -0.2) is 11.7 Å². The van der Waals surface area contributed by atoms with Crippen LogP contribution in [0.5, 0.6) is 0 Å². The van der Waals surface area contributed by atoms with E-state index in [1.807, 2.05) is 18.2 Å². The minimum Gasteiger partial charge on any atom is -0.357 e. The molecule has 2 atom stereocenters. The Balaban J connectivity index is 2.15. The van der Waals surface area contributed by atoms with Gasteiger partial charge < -0.3 is 4.74 Å². The standard InChI is InChI=1S/C9H10O/c1-2-6-9-7-4-3-5-8(9)10-9/h2-5,7-8H,1,6H2. The summed E-state index contributed by atoms with van der Waals surface area (Å²) in [6.45, 7) is 3.69. The summed E-state index contributed by atoms with van der Waals surface area (Å²) in [4.78, 5) is 0. The Morgan fingerprint density at radius 3 is 3.20 bits per heavy atom. The molecule has 0 spiro atoms. The van der Waals surface area contributed by atoms with Crippen molar-refractivity contribution in [2.45, 2.75) is 18.1 Å². The summed E-state index contributed by atoms with van der Waals surface area (Å²) in [7, 11) is 0. The van der Waals surface area contributed by atoms with Gasteiger partial charge in [0, 0.05) is 6.42 Å². The average Bonchev–Trinajstić information content (AvgIpc) is 2.62. The number of hydrogen-bond donors (Lipinski definition) is 0. The first-order chi connectivity index (χ1) is 4.87. The number of allylic oxidation sites excluding steroid dienone is 2. The maximum Gasteiger partial charge on any atom is 0.121 e. The second-order valence-electron chi connectivity index (χ2n) is 2.73. The van der Waals surface area contributed by atoms with E-state index in [9.17, 15) is 0 Å². The number of epoxide rings is 1. The van der Waals surface area contributed by atoms with Gasteiger partial charge in [-0.3, -0.25) is 0 Å². The van der Waals surface area contributed by atoms with Crippen LogP contribution in [0.25, 0.3) is 0 Å². The van der Waals surface area contributed by atoms with Gasteiger partial charge in [0.15, 0.2) is 0 Å². The van der Waals surface area contributed by atoms with Gasteiger partial charge in [-0.2, -0.15) is 0 Å². The molecule has 1 aliphatic carbocycles. The first kappa shape index (κ1) is 5.93. The Hall–Kier alpha value is -0.820. The fourth-order valence-corrected chi connectivity index (χ4v) is 1.38. The maximum atomic E-state index is 5.46. The molecule has 10 heavy (non-hydrogen) atoms. The zero-order chi connectivity index (χ0) is 7.03. The van der Waals surface area contributed by atoms with Gasteiger partial charge in [-0.15, -0.1) is 6.58 Å². The van der Waals surface area contributed by atoms with Gasteiger partial charge >= 0.3 is 0 Å². The lowest BCUT2D eigenvalue weighted by Gasteiger charge is -2.03. The van der Waals surface area contributed by atoms with Gasteiger partial charge in [0.2, 0.25) is 0 Å². The molecule has 1 heteroatoms. The van der Waals surface area contributed by atoms with Crippen molar-refractivity contribution < 1.29 is 4.74 Å². The highest BCUT2D eigenvalue weighted by Gasteiger charge is 2.52. The van der Waals surface area contributed by atoms with E-state index in [1.165, 1.54) is 0 Å². The summed E-state index contributed by atoms with van der Waals surface area (Å²) in [6.07, 6.45) is 11.4. The van der Waals surface area contributed by atoms with E-state index >= 15 is 0 Å². The number of hydrogen-bond acceptors (Lipinski definition) is 1. The van der Waals surface area contributed by atoms with Crippen LogP contribution in [-0.2, 0) is 4.74 Å². The molecular formula is C9H10O. The van der Waals surface area contributed by atoms with Crippen molar-refractivity contribution in [3.8, 4) is 0 Å². The van der Waals surface area contributed by atoms with Gasteiger partial charge in [-0.1, -0.05) is 24.3 Å². The molecule has 2 unspecified atom stereocenters. The highest BCUT2D eigenvalue weighted by atomic mass is 16.6. The van der Waals surface area contributed by atoms with Crippen molar-refractivity contribution in [3.05, 3.63) is 37.0 Å². The third-order valence-electron chi connectivity index (χ3n) is 2.01. The van der Waals surface area contributed by atoms with Gasteiger partial charge in [0.1, 0.15) is 11.7 Å². The third kappa shape index (κ3) is 0.673. The zero-order valence-electron chi connectivity index (χ0n) is 5.79. The molecule has 0 aromatic carbocycles.